The van der Waals surface area contributed by atoms with E-state index in [-0.39, 0.29) is 6.54 Å². The smallest absolute Gasteiger partial charge is 0.407 e. The number of rotatable bonds is 4. The molecule has 6 heteroatoms. The van der Waals surface area contributed by atoms with E-state index in [9.17, 15) is 9.90 Å². The first kappa shape index (κ1) is 16.9. The summed E-state index contributed by atoms with van der Waals surface area (Å²) in [4.78, 5) is 19.9. The average molecular weight is 315 g/mol. The Hall–Kier alpha value is -2.47. The fourth-order valence-electron chi connectivity index (χ4n) is 1.91. The van der Waals surface area contributed by atoms with Gasteiger partial charge in [-0.15, -0.1) is 0 Å². The van der Waals surface area contributed by atoms with Crippen molar-refractivity contribution >= 4 is 6.09 Å². The van der Waals surface area contributed by atoms with E-state index in [0.29, 0.717) is 5.69 Å². The second-order valence-electron chi connectivity index (χ2n) is 6.11. The van der Waals surface area contributed by atoms with E-state index in [1.807, 2.05) is 18.2 Å². The van der Waals surface area contributed by atoms with Crippen molar-refractivity contribution < 1.29 is 14.6 Å². The molecule has 0 saturated heterocycles. The quantitative estimate of drug-likeness (QED) is 0.906. The number of aliphatic hydroxyl groups is 1. The summed E-state index contributed by atoms with van der Waals surface area (Å²) in [5.74, 6) is 0. The van der Waals surface area contributed by atoms with Gasteiger partial charge in [-0.1, -0.05) is 12.1 Å². The van der Waals surface area contributed by atoms with Gasteiger partial charge in [-0.25, -0.2) is 4.79 Å². The van der Waals surface area contributed by atoms with Crippen LogP contribution in [0.4, 0.5) is 4.79 Å². The van der Waals surface area contributed by atoms with Crippen LogP contribution in [-0.2, 0) is 4.74 Å². The van der Waals surface area contributed by atoms with Crippen molar-refractivity contribution in [3.05, 3.63) is 48.5 Å². The number of aliphatic hydroxyl groups excluding tert-OH is 1. The third-order valence-electron chi connectivity index (χ3n) is 2.96. The lowest BCUT2D eigenvalue weighted by atomic mass is 10.1. The maximum Gasteiger partial charge on any atom is 0.407 e. The maximum absolute atomic E-state index is 11.6. The number of hydrogen-bond donors (Lipinski definition) is 2. The summed E-state index contributed by atoms with van der Waals surface area (Å²) in [5.41, 5.74) is 1.77. The van der Waals surface area contributed by atoms with Crippen LogP contribution in [0, 0.1) is 0 Å². The molecule has 23 heavy (non-hydrogen) atoms. The molecule has 2 N–H and O–H groups in total. The molecule has 0 spiro atoms. The van der Waals surface area contributed by atoms with Gasteiger partial charge in [-0.3, -0.25) is 9.97 Å². The van der Waals surface area contributed by atoms with Gasteiger partial charge in [-0.05, 0) is 32.9 Å². The summed E-state index contributed by atoms with van der Waals surface area (Å²) < 4.78 is 5.11. The zero-order valence-electron chi connectivity index (χ0n) is 13.5. The molecular formula is C17H21N3O3. The first-order valence-electron chi connectivity index (χ1n) is 7.36. The molecule has 1 atom stereocenters. The van der Waals surface area contributed by atoms with Crippen LogP contribution in [-0.4, -0.2) is 33.3 Å². The van der Waals surface area contributed by atoms with Gasteiger partial charge in [-0.2, -0.15) is 0 Å². The zero-order chi connectivity index (χ0) is 16.9. The largest absolute Gasteiger partial charge is 0.444 e. The number of carbonyl (C=O) groups excluding carboxylic acids is 1. The Balaban J connectivity index is 1.93. The van der Waals surface area contributed by atoms with Gasteiger partial charge in [0.15, 0.2) is 0 Å². The Morgan fingerprint density at radius 3 is 2.57 bits per heavy atom. The Morgan fingerprint density at radius 1 is 1.26 bits per heavy atom. The number of ether oxygens (including phenoxy) is 1. The van der Waals surface area contributed by atoms with E-state index < -0.39 is 17.8 Å². The van der Waals surface area contributed by atoms with E-state index in [2.05, 4.69) is 15.3 Å². The highest BCUT2D eigenvalue weighted by molar-refractivity contribution is 5.67. The number of nitrogens with zero attached hydrogens (tertiary/aromatic N) is 2. The van der Waals surface area contributed by atoms with Crippen molar-refractivity contribution in [2.45, 2.75) is 32.5 Å². The first-order chi connectivity index (χ1) is 10.8. The summed E-state index contributed by atoms with van der Waals surface area (Å²) in [6.45, 7) is 5.37. The van der Waals surface area contributed by atoms with Crippen LogP contribution in [0.2, 0.25) is 0 Å². The maximum atomic E-state index is 11.6. The summed E-state index contributed by atoms with van der Waals surface area (Å²) in [5, 5.41) is 12.6. The normalized spacial score (nSPS) is 12.5. The van der Waals surface area contributed by atoms with Crippen molar-refractivity contribution in [1.29, 1.82) is 0 Å². The fourth-order valence-corrected chi connectivity index (χ4v) is 1.91. The minimum Gasteiger partial charge on any atom is -0.444 e. The molecule has 2 rings (SSSR count). The van der Waals surface area contributed by atoms with Crippen molar-refractivity contribution in [2.75, 3.05) is 6.54 Å². The molecule has 122 valence electrons. The number of carbonyl (C=O) groups is 1. The van der Waals surface area contributed by atoms with Crippen molar-refractivity contribution in [1.82, 2.24) is 15.3 Å². The Bertz CT molecular complexity index is 636. The second-order valence-corrected chi connectivity index (χ2v) is 6.11. The summed E-state index contributed by atoms with van der Waals surface area (Å²) in [6, 6.07) is 7.37. The molecule has 2 heterocycles. The van der Waals surface area contributed by atoms with Crippen molar-refractivity contribution in [2.24, 2.45) is 0 Å². The van der Waals surface area contributed by atoms with Gasteiger partial charge in [0, 0.05) is 29.7 Å². The summed E-state index contributed by atoms with van der Waals surface area (Å²) >= 11 is 0. The topological polar surface area (TPSA) is 84.3 Å². The lowest BCUT2D eigenvalue weighted by Gasteiger charge is -2.20. The number of alkyl carbamates (subject to hydrolysis) is 1. The number of hydrogen-bond acceptors (Lipinski definition) is 5. The Morgan fingerprint density at radius 2 is 2.00 bits per heavy atom. The van der Waals surface area contributed by atoms with Crippen LogP contribution in [0.5, 0.6) is 0 Å². The van der Waals surface area contributed by atoms with Crippen LogP contribution in [0.15, 0.2) is 42.9 Å². The monoisotopic (exact) mass is 315 g/mol. The molecule has 0 fully saturated rings. The second kappa shape index (κ2) is 7.19. The Labute approximate surface area is 135 Å². The lowest BCUT2D eigenvalue weighted by Crippen LogP contribution is -2.34. The zero-order valence-corrected chi connectivity index (χ0v) is 13.5. The van der Waals surface area contributed by atoms with Crippen LogP contribution >= 0.6 is 0 Å². The predicted molar refractivity (Wildman–Crippen MR) is 86.7 cm³/mol. The molecule has 0 bridgehead atoms. The highest BCUT2D eigenvalue weighted by Gasteiger charge is 2.17. The fraction of sp³-hybridized carbons (Fsp3) is 0.353. The molecular weight excluding hydrogens is 294 g/mol. The van der Waals surface area contributed by atoms with Crippen LogP contribution < -0.4 is 5.32 Å². The molecule has 1 amide bonds. The molecule has 0 aliphatic carbocycles. The summed E-state index contributed by atoms with van der Waals surface area (Å²) in [7, 11) is 0. The van der Waals surface area contributed by atoms with Crippen molar-refractivity contribution in [3.8, 4) is 11.1 Å². The van der Waals surface area contributed by atoms with Crippen LogP contribution in [0.3, 0.4) is 0 Å². The van der Waals surface area contributed by atoms with Gasteiger partial charge in [0.05, 0.1) is 12.2 Å². The molecule has 0 aliphatic rings. The first-order valence-corrected chi connectivity index (χ1v) is 7.36. The third kappa shape index (κ3) is 5.34. The van der Waals surface area contributed by atoms with Gasteiger partial charge < -0.3 is 15.2 Å². The van der Waals surface area contributed by atoms with Gasteiger partial charge >= 0.3 is 6.09 Å². The molecule has 0 aliphatic heterocycles. The number of nitrogens with one attached hydrogen (secondary N) is 1. The average Bonchev–Trinajstić information content (AvgIpc) is 2.52. The van der Waals surface area contributed by atoms with Gasteiger partial charge in [0.25, 0.3) is 0 Å². The van der Waals surface area contributed by atoms with Gasteiger partial charge in [0.1, 0.15) is 11.7 Å². The van der Waals surface area contributed by atoms with E-state index in [1.54, 1.807) is 45.4 Å². The molecule has 2 aromatic heterocycles. The van der Waals surface area contributed by atoms with Crippen LogP contribution in [0.1, 0.15) is 32.6 Å². The van der Waals surface area contributed by atoms with E-state index in [0.717, 1.165) is 11.1 Å². The van der Waals surface area contributed by atoms with Crippen LogP contribution in [0.25, 0.3) is 11.1 Å². The van der Waals surface area contributed by atoms with Crippen molar-refractivity contribution in [3.63, 3.8) is 0 Å². The SMILES string of the molecule is CC(C)(C)OC(=O)NCC(O)c1ccc(-c2cccnc2)cn1. The molecule has 2 aromatic rings. The predicted octanol–water partition coefficient (Wildman–Crippen LogP) is 2.70. The minimum atomic E-state index is -0.898. The number of aromatic nitrogens is 2. The highest BCUT2D eigenvalue weighted by atomic mass is 16.6. The Kier molecular flexibility index (Phi) is 5.28. The highest BCUT2D eigenvalue weighted by Crippen LogP contribution is 2.18. The number of amides is 1. The molecule has 0 saturated carbocycles. The standard InChI is InChI=1S/C17H21N3O3/c1-17(2,3)23-16(22)20-11-15(21)14-7-6-13(10-19-14)12-5-4-8-18-9-12/h4-10,15,21H,11H2,1-3H3,(H,20,22). The minimum absolute atomic E-state index is 0.0359. The van der Waals surface area contributed by atoms with E-state index in [1.165, 1.54) is 0 Å². The molecule has 0 radical (unpaired) electrons. The molecule has 0 aromatic carbocycles. The third-order valence-corrected chi connectivity index (χ3v) is 2.96. The summed E-state index contributed by atoms with van der Waals surface area (Å²) in [6.07, 6.45) is 3.66. The lowest BCUT2D eigenvalue weighted by molar-refractivity contribution is 0.0490. The molecule has 6 nitrogen and oxygen atoms in total. The number of pyridine rings is 2. The van der Waals surface area contributed by atoms with E-state index >= 15 is 0 Å². The van der Waals surface area contributed by atoms with E-state index in [4.69, 9.17) is 4.74 Å². The van der Waals surface area contributed by atoms with Gasteiger partial charge in [0.2, 0.25) is 0 Å². The molecule has 1 unspecified atom stereocenters.